The molecule has 5 heteroatoms. The van der Waals surface area contributed by atoms with E-state index in [-0.39, 0.29) is 0 Å². The van der Waals surface area contributed by atoms with Crippen molar-refractivity contribution >= 4 is 0 Å². The molecule has 5 nitrogen and oxygen atoms in total. The number of H-pyrrole nitrogens is 2. The molecule has 1 aliphatic carbocycles. The Hall–Kier alpha value is -2.04. The molecule has 1 aliphatic rings. The summed E-state index contributed by atoms with van der Waals surface area (Å²) >= 11 is 0. The predicted octanol–water partition coefficient (Wildman–Crippen LogP) is 0.343. The van der Waals surface area contributed by atoms with Crippen LogP contribution < -0.4 is 11.4 Å². The van der Waals surface area contributed by atoms with Crippen molar-refractivity contribution in [3.63, 3.8) is 0 Å². The Morgan fingerprint density at radius 1 is 1.12 bits per heavy atom. The van der Waals surface area contributed by atoms with Gasteiger partial charge in [0.1, 0.15) is 0 Å². The van der Waals surface area contributed by atoms with Gasteiger partial charge in [-0.3, -0.25) is 4.98 Å². The number of rotatable bonds is 1. The van der Waals surface area contributed by atoms with E-state index >= 15 is 0 Å². The highest BCUT2D eigenvalue weighted by molar-refractivity contribution is 5.41. The summed E-state index contributed by atoms with van der Waals surface area (Å²) < 4.78 is 1.24. The molecule has 0 radical (unpaired) electrons. The van der Waals surface area contributed by atoms with E-state index in [0.717, 1.165) is 19.3 Å². The van der Waals surface area contributed by atoms with Crippen molar-refractivity contribution in [3.8, 4) is 5.69 Å². The van der Waals surface area contributed by atoms with Gasteiger partial charge in [-0.05, 0) is 42.5 Å². The lowest BCUT2D eigenvalue weighted by molar-refractivity contribution is 0.831. The Morgan fingerprint density at radius 2 is 1.94 bits per heavy atom. The third kappa shape index (κ3) is 1.32. The number of hydrogen-bond acceptors (Lipinski definition) is 2. The maximum Gasteiger partial charge on any atom is 0.349 e. The average Bonchev–Trinajstić information content (AvgIpc) is 2.83. The highest BCUT2D eigenvalue weighted by Crippen LogP contribution is 2.23. The molecule has 3 rings (SSSR count). The number of aromatic amines is 2. The number of aryl methyl sites for hydroxylation is 2. The molecule has 2 aromatic rings. The molecule has 2 N–H and O–H groups in total. The Labute approximate surface area is 90.7 Å². The lowest BCUT2D eigenvalue weighted by Gasteiger charge is -2.03. The van der Waals surface area contributed by atoms with Crippen LogP contribution in [0.3, 0.4) is 0 Å². The summed E-state index contributed by atoms with van der Waals surface area (Å²) in [6.45, 7) is 0. The zero-order valence-corrected chi connectivity index (χ0v) is 8.62. The monoisotopic (exact) mass is 217 g/mol. The molecule has 1 heterocycles. The molecule has 0 amide bonds. The molecule has 0 saturated carbocycles. The van der Waals surface area contributed by atoms with E-state index in [1.165, 1.54) is 15.8 Å². The van der Waals surface area contributed by atoms with Crippen molar-refractivity contribution in [3.05, 3.63) is 50.3 Å². The van der Waals surface area contributed by atoms with Gasteiger partial charge in [-0.25, -0.2) is 19.4 Å². The molecule has 1 aromatic carbocycles. The quantitative estimate of drug-likeness (QED) is 0.723. The van der Waals surface area contributed by atoms with E-state index in [4.69, 9.17) is 0 Å². The second-order valence-electron chi connectivity index (χ2n) is 4.01. The van der Waals surface area contributed by atoms with Gasteiger partial charge in [0.2, 0.25) is 0 Å². The number of nitrogens with zero attached hydrogens (tertiary/aromatic N) is 1. The zero-order valence-electron chi connectivity index (χ0n) is 8.62. The number of hydrogen-bond donors (Lipinski definition) is 2. The van der Waals surface area contributed by atoms with E-state index in [0.29, 0.717) is 5.69 Å². The summed E-state index contributed by atoms with van der Waals surface area (Å²) in [7, 11) is 0. The van der Waals surface area contributed by atoms with Gasteiger partial charge in [0.25, 0.3) is 0 Å². The van der Waals surface area contributed by atoms with E-state index < -0.39 is 11.4 Å². The highest BCUT2D eigenvalue weighted by atomic mass is 16.2. The van der Waals surface area contributed by atoms with Crippen LogP contribution in [-0.4, -0.2) is 14.8 Å². The van der Waals surface area contributed by atoms with Gasteiger partial charge >= 0.3 is 11.4 Å². The number of aromatic nitrogens is 3. The van der Waals surface area contributed by atoms with Gasteiger partial charge in [0.05, 0.1) is 5.69 Å². The highest BCUT2D eigenvalue weighted by Gasteiger charge is 2.12. The fraction of sp³-hybridized carbons (Fsp3) is 0.273. The molecule has 0 saturated heterocycles. The van der Waals surface area contributed by atoms with Crippen LogP contribution in [0.4, 0.5) is 0 Å². The first-order valence-corrected chi connectivity index (χ1v) is 5.27. The number of fused-ring (bicyclic) bond motifs is 1. The largest absolute Gasteiger partial charge is 0.349 e. The SMILES string of the molecule is O=c1[nH]c(=O)n(-c2ccc3c(c2)CCC3)[nH]1. The van der Waals surface area contributed by atoms with E-state index in [1.54, 1.807) is 0 Å². The first kappa shape index (κ1) is 9.21. The van der Waals surface area contributed by atoms with Gasteiger partial charge in [-0.15, -0.1) is 0 Å². The molecule has 82 valence electrons. The van der Waals surface area contributed by atoms with Crippen LogP contribution in [0.25, 0.3) is 5.69 Å². The Balaban J connectivity index is 2.17. The van der Waals surface area contributed by atoms with Crippen LogP contribution in [0.2, 0.25) is 0 Å². The fourth-order valence-corrected chi connectivity index (χ4v) is 2.21. The summed E-state index contributed by atoms with van der Waals surface area (Å²) in [5, 5.41) is 2.44. The molecule has 16 heavy (non-hydrogen) atoms. The van der Waals surface area contributed by atoms with Crippen LogP contribution in [0.1, 0.15) is 17.5 Å². The van der Waals surface area contributed by atoms with Crippen molar-refractivity contribution in [1.29, 1.82) is 0 Å². The minimum Gasteiger partial charge on any atom is -0.256 e. The summed E-state index contributed by atoms with van der Waals surface area (Å²) in [4.78, 5) is 24.6. The molecular weight excluding hydrogens is 206 g/mol. The Morgan fingerprint density at radius 3 is 2.69 bits per heavy atom. The third-order valence-corrected chi connectivity index (χ3v) is 2.98. The van der Waals surface area contributed by atoms with E-state index in [9.17, 15) is 9.59 Å². The minimum absolute atomic E-state index is 0.428. The van der Waals surface area contributed by atoms with Gasteiger partial charge in [0, 0.05) is 0 Å². The normalized spacial score (nSPS) is 14.0. The predicted molar refractivity (Wildman–Crippen MR) is 59.0 cm³/mol. The summed E-state index contributed by atoms with van der Waals surface area (Å²) in [5.74, 6) is 0. The standard InChI is InChI=1S/C11H11N3O2/c15-10-12-11(16)14(13-10)9-5-4-7-2-1-3-8(7)6-9/h4-6H,1-3H2,(H2,12,13,15,16). The van der Waals surface area contributed by atoms with Gasteiger partial charge < -0.3 is 0 Å². The number of nitrogens with one attached hydrogen (secondary N) is 2. The fourth-order valence-electron chi connectivity index (χ4n) is 2.21. The molecule has 0 unspecified atom stereocenters. The molecule has 0 aliphatic heterocycles. The molecule has 0 bridgehead atoms. The van der Waals surface area contributed by atoms with Crippen molar-refractivity contribution in [2.75, 3.05) is 0 Å². The van der Waals surface area contributed by atoms with E-state index in [1.807, 2.05) is 18.2 Å². The summed E-state index contributed by atoms with van der Waals surface area (Å²) in [6, 6.07) is 5.85. The lowest BCUT2D eigenvalue weighted by atomic mass is 10.1. The maximum absolute atomic E-state index is 11.4. The van der Waals surface area contributed by atoms with Crippen molar-refractivity contribution in [2.45, 2.75) is 19.3 Å². The van der Waals surface area contributed by atoms with Crippen molar-refractivity contribution < 1.29 is 0 Å². The van der Waals surface area contributed by atoms with Gasteiger partial charge in [0.15, 0.2) is 0 Å². The smallest absolute Gasteiger partial charge is 0.256 e. The minimum atomic E-state index is -0.481. The molecule has 0 spiro atoms. The van der Waals surface area contributed by atoms with Gasteiger partial charge in [-0.1, -0.05) is 6.07 Å². The van der Waals surface area contributed by atoms with Crippen LogP contribution in [-0.2, 0) is 12.8 Å². The van der Waals surface area contributed by atoms with Crippen molar-refractivity contribution in [2.24, 2.45) is 0 Å². The van der Waals surface area contributed by atoms with Crippen LogP contribution in [0.15, 0.2) is 27.8 Å². The topological polar surface area (TPSA) is 70.7 Å². The molecule has 0 atom stereocenters. The van der Waals surface area contributed by atoms with Crippen LogP contribution >= 0.6 is 0 Å². The molecular formula is C11H11N3O2. The van der Waals surface area contributed by atoms with Crippen molar-refractivity contribution in [1.82, 2.24) is 14.8 Å². The third-order valence-electron chi connectivity index (χ3n) is 2.98. The van der Waals surface area contributed by atoms with E-state index in [2.05, 4.69) is 10.1 Å². The maximum atomic E-state index is 11.4. The molecule has 1 aromatic heterocycles. The molecule has 0 fully saturated rings. The zero-order chi connectivity index (χ0) is 11.1. The second kappa shape index (κ2) is 3.23. The Kier molecular flexibility index (Phi) is 1.86. The lowest BCUT2D eigenvalue weighted by Crippen LogP contribution is -2.16. The summed E-state index contributed by atoms with van der Waals surface area (Å²) in [5.41, 5.74) is 2.42. The Bertz CT molecular complexity index is 648. The van der Waals surface area contributed by atoms with Gasteiger partial charge in [-0.2, -0.15) is 0 Å². The number of benzene rings is 1. The van der Waals surface area contributed by atoms with Crippen LogP contribution in [0.5, 0.6) is 0 Å². The summed E-state index contributed by atoms with van der Waals surface area (Å²) in [6.07, 6.45) is 3.32. The first-order valence-electron chi connectivity index (χ1n) is 5.27. The first-order chi connectivity index (χ1) is 7.74. The second-order valence-corrected chi connectivity index (χ2v) is 4.01. The van der Waals surface area contributed by atoms with Crippen LogP contribution in [0, 0.1) is 0 Å². The average molecular weight is 217 g/mol.